The van der Waals surface area contributed by atoms with E-state index in [0.29, 0.717) is 31.0 Å². The lowest BCUT2D eigenvalue weighted by molar-refractivity contribution is -0.133. The summed E-state index contributed by atoms with van der Waals surface area (Å²) in [7, 11) is 0. The standard InChI is InChI=1S/C17H24N2O3/c1-12(2)10-16(21)19-8-6-14(7-9-19)18-17(22)13-4-3-5-15(20)11-13/h3-5,11-12,14,20H,6-10H2,1-2H3,(H,18,22). The molecule has 1 saturated heterocycles. The summed E-state index contributed by atoms with van der Waals surface area (Å²) < 4.78 is 0. The lowest BCUT2D eigenvalue weighted by Crippen LogP contribution is -2.46. The Hall–Kier alpha value is -2.04. The molecule has 1 aliphatic rings. The van der Waals surface area contributed by atoms with Crippen LogP contribution in [0.2, 0.25) is 0 Å². The molecule has 1 heterocycles. The summed E-state index contributed by atoms with van der Waals surface area (Å²) in [6.07, 6.45) is 2.13. The van der Waals surface area contributed by atoms with E-state index in [4.69, 9.17) is 0 Å². The van der Waals surface area contributed by atoms with Gasteiger partial charge in [0.05, 0.1) is 0 Å². The fourth-order valence-electron chi connectivity index (χ4n) is 2.67. The van der Waals surface area contributed by atoms with Gasteiger partial charge in [-0.3, -0.25) is 9.59 Å². The quantitative estimate of drug-likeness (QED) is 0.895. The Labute approximate surface area is 131 Å². The third-order valence-electron chi connectivity index (χ3n) is 3.87. The molecule has 1 aromatic carbocycles. The van der Waals surface area contributed by atoms with Crippen LogP contribution in [0.15, 0.2) is 24.3 Å². The Kier molecular flexibility index (Phi) is 5.41. The molecular weight excluding hydrogens is 280 g/mol. The molecule has 1 aliphatic heterocycles. The van der Waals surface area contributed by atoms with Crippen molar-refractivity contribution in [2.75, 3.05) is 13.1 Å². The summed E-state index contributed by atoms with van der Waals surface area (Å²) in [6, 6.07) is 6.40. The molecule has 120 valence electrons. The van der Waals surface area contributed by atoms with Crippen LogP contribution in [0.4, 0.5) is 0 Å². The van der Waals surface area contributed by atoms with E-state index >= 15 is 0 Å². The summed E-state index contributed by atoms with van der Waals surface area (Å²) in [5, 5.41) is 12.4. The highest BCUT2D eigenvalue weighted by molar-refractivity contribution is 5.94. The van der Waals surface area contributed by atoms with Gasteiger partial charge in [-0.15, -0.1) is 0 Å². The number of nitrogens with one attached hydrogen (secondary N) is 1. The Bertz CT molecular complexity index is 534. The Morgan fingerprint density at radius 1 is 1.32 bits per heavy atom. The summed E-state index contributed by atoms with van der Waals surface area (Å²) in [5.41, 5.74) is 0.457. The normalized spacial score (nSPS) is 15.9. The van der Waals surface area contributed by atoms with E-state index in [1.165, 1.54) is 12.1 Å². The average molecular weight is 304 g/mol. The van der Waals surface area contributed by atoms with Crippen LogP contribution < -0.4 is 5.32 Å². The minimum absolute atomic E-state index is 0.0814. The van der Waals surface area contributed by atoms with Crippen molar-refractivity contribution in [2.24, 2.45) is 5.92 Å². The van der Waals surface area contributed by atoms with Gasteiger partial charge in [-0.2, -0.15) is 0 Å². The third kappa shape index (κ3) is 4.48. The van der Waals surface area contributed by atoms with E-state index in [9.17, 15) is 14.7 Å². The summed E-state index contributed by atoms with van der Waals surface area (Å²) in [4.78, 5) is 26.0. The largest absolute Gasteiger partial charge is 0.508 e. The van der Waals surface area contributed by atoms with Gasteiger partial charge in [0, 0.05) is 31.1 Å². The SMILES string of the molecule is CC(C)CC(=O)N1CCC(NC(=O)c2cccc(O)c2)CC1. The lowest BCUT2D eigenvalue weighted by atomic mass is 10.0. The van der Waals surface area contributed by atoms with Gasteiger partial charge < -0.3 is 15.3 Å². The molecule has 5 heteroatoms. The number of carbonyl (C=O) groups is 2. The minimum atomic E-state index is -0.178. The summed E-state index contributed by atoms with van der Waals surface area (Å²) in [6.45, 7) is 5.47. The zero-order valence-electron chi connectivity index (χ0n) is 13.2. The maximum Gasteiger partial charge on any atom is 0.251 e. The highest BCUT2D eigenvalue weighted by Gasteiger charge is 2.24. The first-order valence-corrected chi connectivity index (χ1v) is 7.83. The molecule has 2 rings (SSSR count). The van der Waals surface area contributed by atoms with Crippen molar-refractivity contribution in [3.05, 3.63) is 29.8 Å². The molecule has 5 nitrogen and oxygen atoms in total. The highest BCUT2D eigenvalue weighted by Crippen LogP contribution is 2.15. The van der Waals surface area contributed by atoms with Crippen molar-refractivity contribution in [2.45, 2.75) is 39.2 Å². The number of amides is 2. The van der Waals surface area contributed by atoms with Crippen molar-refractivity contribution in [3.63, 3.8) is 0 Å². The van der Waals surface area contributed by atoms with Gasteiger partial charge in [0.1, 0.15) is 5.75 Å². The van der Waals surface area contributed by atoms with Crippen LogP contribution in [0.3, 0.4) is 0 Å². The van der Waals surface area contributed by atoms with Crippen molar-refractivity contribution in [1.82, 2.24) is 10.2 Å². The monoisotopic (exact) mass is 304 g/mol. The number of hydrogen-bond acceptors (Lipinski definition) is 3. The second kappa shape index (κ2) is 7.29. The molecule has 1 fully saturated rings. The van der Waals surface area contributed by atoms with E-state index in [2.05, 4.69) is 5.32 Å². The number of piperidine rings is 1. The fourth-order valence-corrected chi connectivity index (χ4v) is 2.67. The van der Waals surface area contributed by atoms with E-state index in [1.807, 2.05) is 18.7 Å². The molecule has 0 atom stereocenters. The van der Waals surface area contributed by atoms with Gasteiger partial charge in [-0.1, -0.05) is 19.9 Å². The zero-order chi connectivity index (χ0) is 16.1. The maximum absolute atomic E-state index is 12.1. The highest BCUT2D eigenvalue weighted by atomic mass is 16.3. The molecule has 2 amide bonds. The third-order valence-corrected chi connectivity index (χ3v) is 3.87. The van der Waals surface area contributed by atoms with Crippen LogP contribution in [-0.2, 0) is 4.79 Å². The molecule has 0 aliphatic carbocycles. The number of phenolic OH excluding ortho intramolecular Hbond substituents is 1. The predicted octanol–water partition coefficient (Wildman–Crippen LogP) is 2.16. The molecule has 0 radical (unpaired) electrons. The number of likely N-dealkylation sites (tertiary alicyclic amines) is 1. The van der Waals surface area contributed by atoms with Crippen LogP contribution in [-0.4, -0.2) is 41.0 Å². The molecule has 0 spiro atoms. The molecular formula is C17H24N2O3. The zero-order valence-corrected chi connectivity index (χ0v) is 13.2. The van der Waals surface area contributed by atoms with E-state index in [1.54, 1.807) is 12.1 Å². The molecule has 2 N–H and O–H groups in total. The number of rotatable bonds is 4. The van der Waals surface area contributed by atoms with Crippen LogP contribution in [0.25, 0.3) is 0 Å². The Morgan fingerprint density at radius 2 is 2.00 bits per heavy atom. The molecule has 1 aromatic rings. The van der Waals surface area contributed by atoms with Crippen LogP contribution in [0, 0.1) is 5.92 Å². The van der Waals surface area contributed by atoms with Crippen molar-refractivity contribution in [3.8, 4) is 5.75 Å². The number of hydrogen-bond donors (Lipinski definition) is 2. The first-order valence-electron chi connectivity index (χ1n) is 7.83. The molecule has 0 saturated carbocycles. The Morgan fingerprint density at radius 3 is 2.59 bits per heavy atom. The average Bonchev–Trinajstić information content (AvgIpc) is 2.47. The summed E-state index contributed by atoms with van der Waals surface area (Å²) in [5.74, 6) is 0.480. The van der Waals surface area contributed by atoms with E-state index in [-0.39, 0.29) is 23.6 Å². The van der Waals surface area contributed by atoms with Crippen LogP contribution in [0.5, 0.6) is 5.75 Å². The molecule has 0 aromatic heterocycles. The fraction of sp³-hybridized carbons (Fsp3) is 0.529. The van der Waals surface area contributed by atoms with Crippen molar-refractivity contribution < 1.29 is 14.7 Å². The molecule has 22 heavy (non-hydrogen) atoms. The van der Waals surface area contributed by atoms with Gasteiger partial charge in [-0.25, -0.2) is 0 Å². The molecule has 0 bridgehead atoms. The van der Waals surface area contributed by atoms with Gasteiger partial charge in [0.2, 0.25) is 5.91 Å². The number of benzene rings is 1. The Balaban J connectivity index is 1.82. The van der Waals surface area contributed by atoms with Crippen molar-refractivity contribution in [1.29, 1.82) is 0 Å². The second-order valence-electron chi connectivity index (χ2n) is 6.28. The van der Waals surface area contributed by atoms with Crippen molar-refractivity contribution >= 4 is 11.8 Å². The minimum Gasteiger partial charge on any atom is -0.508 e. The van der Waals surface area contributed by atoms with E-state index < -0.39 is 0 Å². The number of carbonyl (C=O) groups excluding carboxylic acids is 2. The smallest absolute Gasteiger partial charge is 0.251 e. The number of aromatic hydroxyl groups is 1. The van der Waals surface area contributed by atoms with E-state index in [0.717, 1.165) is 12.8 Å². The maximum atomic E-state index is 12.1. The van der Waals surface area contributed by atoms with Crippen LogP contribution in [0.1, 0.15) is 43.5 Å². The summed E-state index contributed by atoms with van der Waals surface area (Å²) >= 11 is 0. The van der Waals surface area contributed by atoms with Gasteiger partial charge >= 0.3 is 0 Å². The first kappa shape index (κ1) is 16.3. The first-order chi connectivity index (χ1) is 10.5. The number of nitrogens with zero attached hydrogens (tertiary/aromatic N) is 1. The number of phenols is 1. The lowest BCUT2D eigenvalue weighted by Gasteiger charge is -2.32. The van der Waals surface area contributed by atoms with Gasteiger partial charge in [0.25, 0.3) is 5.91 Å². The van der Waals surface area contributed by atoms with Gasteiger partial charge in [-0.05, 0) is 37.0 Å². The topological polar surface area (TPSA) is 69.6 Å². The van der Waals surface area contributed by atoms with Crippen LogP contribution >= 0.6 is 0 Å². The van der Waals surface area contributed by atoms with Gasteiger partial charge in [0.15, 0.2) is 0 Å². The second-order valence-corrected chi connectivity index (χ2v) is 6.28. The predicted molar refractivity (Wildman–Crippen MR) is 84.6 cm³/mol. The molecule has 0 unspecified atom stereocenters.